The van der Waals surface area contributed by atoms with Crippen LogP contribution in [0.2, 0.25) is 10.0 Å². The van der Waals surface area contributed by atoms with Crippen molar-refractivity contribution in [2.75, 3.05) is 0 Å². The Labute approximate surface area is 117 Å². The van der Waals surface area contributed by atoms with Gasteiger partial charge in [-0.25, -0.2) is 0 Å². The summed E-state index contributed by atoms with van der Waals surface area (Å²) in [5, 5.41) is 14.1. The lowest BCUT2D eigenvalue weighted by atomic mass is 10.2. The molecule has 1 atom stereocenters. The third-order valence-corrected chi connectivity index (χ3v) is 4.19. The minimum absolute atomic E-state index is 0.491. The minimum Gasteiger partial charge on any atom is -0.458 e. The Bertz CT molecular complexity index is 702. The van der Waals surface area contributed by atoms with Gasteiger partial charge in [0.05, 0.1) is 5.02 Å². The molecule has 1 N–H and O–H groups in total. The largest absolute Gasteiger partial charge is 0.458 e. The van der Waals surface area contributed by atoms with Crippen molar-refractivity contribution in [3.8, 4) is 0 Å². The summed E-state index contributed by atoms with van der Waals surface area (Å²) in [4.78, 5) is 0.755. The number of hydrogen-bond acceptors (Lipinski definition) is 3. The Hall–Kier alpha value is -1.000. The molecule has 0 aliphatic carbocycles. The minimum atomic E-state index is -0.798. The fraction of sp³-hybridized carbons (Fsp3) is 0.0769. The Kier molecular flexibility index (Phi) is 3.08. The van der Waals surface area contributed by atoms with Crippen molar-refractivity contribution in [1.82, 2.24) is 0 Å². The molecule has 1 aromatic carbocycles. The predicted octanol–water partition coefficient (Wildman–Crippen LogP) is 4.88. The van der Waals surface area contributed by atoms with Crippen molar-refractivity contribution in [2.45, 2.75) is 6.10 Å². The molecule has 92 valence electrons. The van der Waals surface area contributed by atoms with Crippen LogP contribution in [0.3, 0.4) is 0 Å². The lowest BCUT2D eigenvalue weighted by molar-refractivity contribution is 0.196. The topological polar surface area (TPSA) is 33.4 Å². The van der Waals surface area contributed by atoms with E-state index in [-0.39, 0.29) is 0 Å². The summed E-state index contributed by atoms with van der Waals surface area (Å²) in [7, 11) is 0. The molecule has 3 rings (SSSR count). The quantitative estimate of drug-likeness (QED) is 0.731. The molecule has 0 saturated carbocycles. The summed E-state index contributed by atoms with van der Waals surface area (Å²) in [5.41, 5.74) is 0.705. The van der Waals surface area contributed by atoms with Gasteiger partial charge in [0.1, 0.15) is 17.4 Å². The van der Waals surface area contributed by atoms with Gasteiger partial charge in [0.25, 0.3) is 0 Å². The highest BCUT2D eigenvalue weighted by atomic mass is 35.5. The van der Waals surface area contributed by atoms with Crippen LogP contribution in [0.4, 0.5) is 0 Å². The second kappa shape index (κ2) is 4.59. The first-order chi connectivity index (χ1) is 8.63. The van der Waals surface area contributed by atoms with E-state index in [0.29, 0.717) is 21.4 Å². The van der Waals surface area contributed by atoms with Crippen LogP contribution in [0.25, 0.3) is 11.0 Å². The van der Waals surface area contributed by atoms with Gasteiger partial charge in [-0.05, 0) is 30.3 Å². The smallest absolute Gasteiger partial charge is 0.146 e. The molecular weight excluding hydrogens is 291 g/mol. The number of fused-ring (bicyclic) bond motifs is 1. The predicted molar refractivity (Wildman–Crippen MR) is 74.6 cm³/mol. The molecule has 0 saturated heterocycles. The first kappa shape index (κ1) is 12.1. The summed E-state index contributed by atoms with van der Waals surface area (Å²) in [6.45, 7) is 0. The molecule has 2 nitrogen and oxygen atoms in total. The summed E-state index contributed by atoms with van der Waals surface area (Å²) < 4.78 is 5.60. The van der Waals surface area contributed by atoms with Crippen LogP contribution in [-0.4, -0.2) is 5.11 Å². The number of aliphatic hydroxyl groups excluding tert-OH is 1. The third kappa shape index (κ3) is 2.15. The highest BCUT2D eigenvalue weighted by Crippen LogP contribution is 2.33. The molecule has 5 heteroatoms. The molecule has 18 heavy (non-hydrogen) atoms. The normalized spacial score (nSPS) is 13.1. The van der Waals surface area contributed by atoms with Gasteiger partial charge >= 0.3 is 0 Å². The standard InChI is InChI=1S/C13H8Cl2O2S/c14-8-1-2-10-7(3-8)4-11(17-10)13(16)12-5-9(15)6-18-12/h1-6,13,16H. The van der Waals surface area contributed by atoms with Gasteiger partial charge in [0.15, 0.2) is 0 Å². The zero-order valence-corrected chi connectivity index (χ0v) is 11.4. The van der Waals surface area contributed by atoms with Crippen LogP contribution < -0.4 is 0 Å². The zero-order valence-electron chi connectivity index (χ0n) is 9.06. The maximum absolute atomic E-state index is 10.2. The molecule has 0 fully saturated rings. The van der Waals surface area contributed by atoms with Crippen molar-refractivity contribution in [3.63, 3.8) is 0 Å². The maximum atomic E-state index is 10.2. The van der Waals surface area contributed by atoms with Crippen LogP contribution >= 0.6 is 34.5 Å². The fourth-order valence-corrected chi connectivity index (χ4v) is 3.03. The van der Waals surface area contributed by atoms with E-state index in [1.165, 1.54) is 11.3 Å². The van der Waals surface area contributed by atoms with E-state index in [2.05, 4.69) is 0 Å². The van der Waals surface area contributed by atoms with Crippen LogP contribution in [0.5, 0.6) is 0 Å². The van der Waals surface area contributed by atoms with Crippen molar-refractivity contribution >= 4 is 45.5 Å². The van der Waals surface area contributed by atoms with Crippen LogP contribution in [0.15, 0.2) is 40.1 Å². The molecule has 1 unspecified atom stereocenters. The highest BCUT2D eigenvalue weighted by Gasteiger charge is 2.17. The van der Waals surface area contributed by atoms with Crippen molar-refractivity contribution < 1.29 is 9.52 Å². The molecule has 0 aliphatic heterocycles. The number of rotatable bonds is 2. The SMILES string of the molecule is OC(c1cc2cc(Cl)ccc2o1)c1cc(Cl)cs1. The highest BCUT2D eigenvalue weighted by molar-refractivity contribution is 7.10. The molecule has 0 radical (unpaired) electrons. The number of furan rings is 1. The van der Waals surface area contributed by atoms with Gasteiger partial charge < -0.3 is 9.52 Å². The van der Waals surface area contributed by atoms with Gasteiger partial charge in [0, 0.05) is 20.7 Å². The lowest BCUT2D eigenvalue weighted by Gasteiger charge is -2.03. The molecule has 0 aliphatic rings. The van der Waals surface area contributed by atoms with Crippen LogP contribution in [0.1, 0.15) is 16.7 Å². The number of hydrogen-bond donors (Lipinski definition) is 1. The molecule has 0 amide bonds. The van der Waals surface area contributed by atoms with E-state index in [0.717, 1.165) is 10.3 Å². The monoisotopic (exact) mass is 298 g/mol. The van der Waals surface area contributed by atoms with Gasteiger partial charge in [-0.1, -0.05) is 23.2 Å². The first-order valence-electron chi connectivity index (χ1n) is 5.24. The molecule has 3 aromatic rings. The summed E-state index contributed by atoms with van der Waals surface area (Å²) in [6, 6.07) is 8.87. The van der Waals surface area contributed by atoms with Crippen LogP contribution in [0, 0.1) is 0 Å². The average molecular weight is 299 g/mol. The van der Waals surface area contributed by atoms with Gasteiger partial charge in [-0.3, -0.25) is 0 Å². The molecule has 2 aromatic heterocycles. The average Bonchev–Trinajstić information content (AvgIpc) is 2.93. The van der Waals surface area contributed by atoms with Gasteiger partial charge in [-0.2, -0.15) is 0 Å². The van der Waals surface area contributed by atoms with Gasteiger partial charge in [-0.15, -0.1) is 11.3 Å². The fourth-order valence-electron chi connectivity index (χ4n) is 1.78. The Balaban J connectivity index is 2.03. The summed E-state index contributed by atoms with van der Waals surface area (Å²) in [6.07, 6.45) is -0.798. The van der Waals surface area contributed by atoms with E-state index in [4.69, 9.17) is 27.6 Å². The maximum Gasteiger partial charge on any atom is 0.146 e. The Morgan fingerprint density at radius 1 is 1.11 bits per heavy atom. The second-order valence-corrected chi connectivity index (χ2v) is 5.72. The van der Waals surface area contributed by atoms with Crippen molar-refractivity contribution in [2.24, 2.45) is 0 Å². The Morgan fingerprint density at radius 3 is 2.67 bits per heavy atom. The summed E-state index contributed by atoms with van der Waals surface area (Å²) in [5.74, 6) is 0.491. The lowest BCUT2D eigenvalue weighted by Crippen LogP contribution is -1.93. The molecular formula is C13H8Cl2O2S. The van der Waals surface area contributed by atoms with Crippen molar-refractivity contribution in [3.05, 3.63) is 56.4 Å². The van der Waals surface area contributed by atoms with E-state index < -0.39 is 6.10 Å². The third-order valence-electron chi connectivity index (χ3n) is 2.62. The summed E-state index contributed by atoms with van der Waals surface area (Å²) >= 11 is 13.1. The van der Waals surface area contributed by atoms with Crippen molar-refractivity contribution in [1.29, 1.82) is 0 Å². The molecule has 0 spiro atoms. The zero-order chi connectivity index (χ0) is 12.7. The van der Waals surface area contributed by atoms with E-state index in [1.807, 2.05) is 0 Å². The van der Waals surface area contributed by atoms with E-state index in [1.54, 1.807) is 35.7 Å². The van der Waals surface area contributed by atoms with Gasteiger partial charge in [0.2, 0.25) is 0 Å². The molecule has 0 bridgehead atoms. The first-order valence-corrected chi connectivity index (χ1v) is 6.88. The van der Waals surface area contributed by atoms with Crippen LogP contribution in [-0.2, 0) is 0 Å². The Morgan fingerprint density at radius 2 is 1.94 bits per heavy atom. The van der Waals surface area contributed by atoms with E-state index in [9.17, 15) is 5.11 Å². The second-order valence-electron chi connectivity index (χ2n) is 3.90. The van der Waals surface area contributed by atoms with E-state index >= 15 is 0 Å². The number of aliphatic hydroxyl groups is 1. The molecule has 2 heterocycles. The number of halogens is 2. The number of benzene rings is 1. The number of thiophene rings is 1.